The van der Waals surface area contributed by atoms with Gasteiger partial charge in [-0.1, -0.05) is 6.07 Å². The summed E-state index contributed by atoms with van der Waals surface area (Å²) < 4.78 is 7.13. The summed E-state index contributed by atoms with van der Waals surface area (Å²) in [6.45, 7) is 4.51. The van der Waals surface area contributed by atoms with Crippen molar-refractivity contribution in [3.8, 4) is 0 Å². The molecule has 1 atom stereocenters. The van der Waals surface area contributed by atoms with Gasteiger partial charge in [0, 0.05) is 37.5 Å². The molecule has 1 aromatic carbocycles. The largest absolute Gasteiger partial charge is 0.383 e. The normalized spacial score (nSPS) is 22.4. The number of rotatable bonds is 6. The Morgan fingerprint density at radius 2 is 2.06 bits per heavy atom. The van der Waals surface area contributed by atoms with Gasteiger partial charge in [-0.15, -0.1) is 5.10 Å². The van der Waals surface area contributed by atoms with Crippen LogP contribution in [0, 0.1) is 0 Å². The summed E-state index contributed by atoms with van der Waals surface area (Å²) in [7, 11) is 1.68. The van der Waals surface area contributed by atoms with E-state index in [9.17, 15) is 4.79 Å². The standard InChI is InChI=1S/C22H29N7O2/c1-31-14-13-29-21(24-25-26-29)22(28-11-2-3-12-28)8-4-10-27(16-22)20(30)18-6-5-17-7-9-23-19(17)15-18/h5-7,9,15,23H,2-4,8,10-14,16H2,1H3. The van der Waals surface area contributed by atoms with Crippen molar-refractivity contribution in [3.05, 3.63) is 41.9 Å². The van der Waals surface area contributed by atoms with Gasteiger partial charge < -0.3 is 14.6 Å². The van der Waals surface area contributed by atoms with Crippen molar-refractivity contribution < 1.29 is 9.53 Å². The van der Waals surface area contributed by atoms with Gasteiger partial charge in [-0.2, -0.15) is 0 Å². The van der Waals surface area contributed by atoms with E-state index in [1.807, 2.05) is 40.0 Å². The first-order valence-corrected chi connectivity index (χ1v) is 11.1. The Kier molecular flexibility index (Phi) is 5.45. The van der Waals surface area contributed by atoms with Crippen LogP contribution < -0.4 is 0 Å². The summed E-state index contributed by atoms with van der Waals surface area (Å²) in [5, 5.41) is 13.8. The van der Waals surface area contributed by atoms with Crippen molar-refractivity contribution in [2.45, 2.75) is 37.8 Å². The zero-order valence-electron chi connectivity index (χ0n) is 18.0. The minimum atomic E-state index is -0.363. The lowest BCUT2D eigenvalue weighted by Gasteiger charge is -2.47. The van der Waals surface area contributed by atoms with Gasteiger partial charge in [-0.25, -0.2) is 4.68 Å². The molecular weight excluding hydrogens is 394 g/mol. The molecular formula is C22H29N7O2. The van der Waals surface area contributed by atoms with Crippen LogP contribution in [0.25, 0.3) is 10.9 Å². The highest BCUT2D eigenvalue weighted by Gasteiger charge is 2.48. The number of nitrogens with one attached hydrogen (secondary N) is 1. The van der Waals surface area contributed by atoms with Crippen LogP contribution in [0.1, 0.15) is 41.9 Å². The molecule has 9 nitrogen and oxygen atoms in total. The van der Waals surface area contributed by atoms with Crippen LogP contribution in [0.15, 0.2) is 30.5 Å². The van der Waals surface area contributed by atoms with Crippen molar-refractivity contribution in [2.75, 3.05) is 39.9 Å². The van der Waals surface area contributed by atoms with Crippen LogP contribution in [0.4, 0.5) is 0 Å². The molecule has 31 heavy (non-hydrogen) atoms. The van der Waals surface area contributed by atoms with Crippen molar-refractivity contribution in [2.24, 2.45) is 0 Å². The number of fused-ring (bicyclic) bond motifs is 1. The number of hydrogen-bond acceptors (Lipinski definition) is 6. The van der Waals surface area contributed by atoms with E-state index in [0.29, 0.717) is 25.3 Å². The Balaban J connectivity index is 1.47. The SMILES string of the molecule is COCCn1nnnc1C1(N2CCCC2)CCCN(C(=O)c2ccc3cc[nH]c3c2)C1. The third-order valence-electron chi connectivity index (χ3n) is 6.73. The molecule has 164 valence electrons. The van der Waals surface area contributed by atoms with Crippen LogP contribution >= 0.6 is 0 Å². The molecule has 9 heteroatoms. The quantitative estimate of drug-likeness (QED) is 0.652. The maximum Gasteiger partial charge on any atom is 0.254 e. The first kappa shape index (κ1) is 20.1. The van der Waals surface area contributed by atoms with E-state index in [4.69, 9.17) is 4.74 Å². The predicted octanol–water partition coefficient (Wildman–Crippen LogP) is 2.03. The Labute approximate surface area is 181 Å². The fourth-order valence-electron chi connectivity index (χ4n) is 5.17. The third-order valence-corrected chi connectivity index (χ3v) is 6.73. The Bertz CT molecular complexity index is 1060. The highest BCUT2D eigenvalue weighted by Crippen LogP contribution is 2.39. The Morgan fingerprint density at radius 1 is 1.19 bits per heavy atom. The van der Waals surface area contributed by atoms with Gasteiger partial charge in [0.1, 0.15) is 5.54 Å². The molecule has 0 bridgehead atoms. The van der Waals surface area contributed by atoms with E-state index in [2.05, 4.69) is 25.4 Å². The van der Waals surface area contributed by atoms with E-state index in [1.165, 1.54) is 12.8 Å². The maximum absolute atomic E-state index is 13.5. The van der Waals surface area contributed by atoms with Gasteiger partial charge in [0.25, 0.3) is 5.91 Å². The summed E-state index contributed by atoms with van der Waals surface area (Å²) in [6.07, 6.45) is 6.10. The lowest BCUT2D eigenvalue weighted by molar-refractivity contribution is 0.0121. The minimum absolute atomic E-state index is 0.0655. The predicted molar refractivity (Wildman–Crippen MR) is 116 cm³/mol. The summed E-state index contributed by atoms with van der Waals surface area (Å²) in [5.74, 6) is 0.916. The Hall–Kier alpha value is -2.78. The van der Waals surface area contributed by atoms with E-state index in [0.717, 1.165) is 49.2 Å². The van der Waals surface area contributed by atoms with Crippen LogP contribution in [0.3, 0.4) is 0 Å². The van der Waals surface area contributed by atoms with Crippen molar-refractivity contribution in [3.63, 3.8) is 0 Å². The average Bonchev–Trinajstić information content (AvgIpc) is 3.58. The average molecular weight is 424 g/mol. The fraction of sp³-hybridized carbons (Fsp3) is 0.545. The van der Waals surface area contributed by atoms with Gasteiger partial charge in [-0.05, 0) is 72.8 Å². The fourth-order valence-corrected chi connectivity index (χ4v) is 5.17. The number of aromatic nitrogens is 5. The van der Waals surface area contributed by atoms with Crippen LogP contribution in [0.2, 0.25) is 0 Å². The van der Waals surface area contributed by atoms with Gasteiger partial charge in [-0.3, -0.25) is 9.69 Å². The number of nitrogens with zero attached hydrogens (tertiary/aromatic N) is 6. The van der Waals surface area contributed by atoms with E-state index < -0.39 is 0 Å². The molecule has 1 N–H and O–H groups in total. The summed E-state index contributed by atoms with van der Waals surface area (Å²) in [5.41, 5.74) is 1.33. The van der Waals surface area contributed by atoms with Crippen molar-refractivity contribution >= 4 is 16.8 Å². The van der Waals surface area contributed by atoms with E-state index in [-0.39, 0.29) is 11.4 Å². The molecule has 5 rings (SSSR count). The second kappa shape index (κ2) is 8.39. The molecule has 2 saturated heterocycles. The molecule has 1 amide bonds. The lowest BCUT2D eigenvalue weighted by atomic mass is 9.85. The molecule has 0 aliphatic carbocycles. The zero-order chi connectivity index (χ0) is 21.3. The number of likely N-dealkylation sites (tertiary alicyclic amines) is 2. The highest BCUT2D eigenvalue weighted by atomic mass is 16.5. The molecule has 2 fully saturated rings. The number of carbonyl (C=O) groups excluding carboxylic acids is 1. The molecule has 1 unspecified atom stereocenters. The van der Waals surface area contributed by atoms with Crippen LogP contribution in [-0.4, -0.2) is 80.8 Å². The number of amides is 1. The molecule has 0 radical (unpaired) electrons. The highest BCUT2D eigenvalue weighted by molar-refractivity contribution is 5.98. The third kappa shape index (κ3) is 3.61. The first-order valence-electron chi connectivity index (χ1n) is 11.1. The van der Waals surface area contributed by atoms with Crippen molar-refractivity contribution in [1.82, 2.24) is 35.0 Å². The van der Waals surface area contributed by atoms with E-state index >= 15 is 0 Å². The Morgan fingerprint density at radius 3 is 2.90 bits per heavy atom. The second-order valence-electron chi connectivity index (χ2n) is 8.55. The van der Waals surface area contributed by atoms with Gasteiger partial charge in [0.2, 0.25) is 0 Å². The number of aromatic amines is 1. The second-order valence-corrected chi connectivity index (χ2v) is 8.55. The summed E-state index contributed by atoms with van der Waals surface area (Å²) >= 11 is 0. The first-order chi connectivity index (χ1) is 15.2. The molecule has 2 aromatic heterocycles. The van der Waals surface area contributed by atoms with Gasteiger partial charge >= 0.3 is 0 Å². The molecule has 0 spiro atoms. The lowest BCUT2D eigenvalue weighted by Crippen LogP contribution is -2.58. The molecule has 0 saturated carbocycles. The van der Waals surface area contributed by atoms with Crippen LogP contribution in [-0.2, 0) is 16.8 Å². The number of ether oxygens (including phenoxy) is 1. The molecule has 4 heterocycles. The van der Waals surface area contributed by atoms with Crippen molar-refractivity contribution in [1.29, 1.82) is 0 Å². The number of H-pyrrole nitrogens is 1. The number of carbonyl (C=O) groups is 1. The number of methoxy groups -OCH3 is 1. The molecule has 3 aromatic rings. The topological polar surface area (TPSA) is 92.2 Å². The van der Waals surface area contributed by atoms with Gasteiger partial charge in [0.15, 0.2) is 5.82 Å². The number of hydrogen-bond donors (Lipinski definition) is 1. The summed E-state index contributed by atoms with van der Waals surface area (Å²) in [4.78, 5) is 21.2. The maximum atomic E-state index is 13.5. The number of benzene rings is 1. The zero-order valence-corrected chi connectivity index (χ0v) is 18.0. The smallest absolute Gasteiger partial charge is 0.254 e. The minimum Gasteiger partial charge on any atom is -0.383 e. The number of piperidine rings is 1. The molecule has 2 aliphatic rings. The number of tetrazole rings is 1. The van der Waals surface area contributed by atoms with E-state index in [1.54, 1.807) is 7.11 Å². The monoisotopic (exact) mass is 423 g/mol. The van der Waals surface area contributed by atoms with Gasteiger partial charge in [0.05, 0.1) is 13.2 Å². The molecule has 2 aliphatic heterocycles. The summed E-state index contributed by atoms with van der Waals surface area (Å²) in [6, 6.07) is 7.89. The van der Waals surface area contributed by atoms with Crippen LogP contribution in [0.5, 0.6) is 0 Å².